The van der Waals surface area contributed by atoms with Crippen molar-refractivity contribution in [2.24, 2.45) is 5.92 Å². The summed E-state index contributed by atoms with van der Waals surface area (Å²) >= 11 is 0. The molecule has 0 radical (unpaired) electrons. The zero-order chi connectivity index (χ0) is 12.6. The smallest absolute Gasteiger partial charge is 0.214 e. The maximum absolute atomic E-state index is 12.7. The maximum Gasteiger partial charge on any atom is 0.214 e. The summed E-state index contributed by atoms with van der Waals surface area (Å²) in [5.41, 5.74) is 0. The number of rotatable bonds is 5. The molecular weight excluding hydrogens is 284 g/mol. The number of halogens is 1. The van der Waals surface area contributed by atoms with E-state index in [1.807, 2.05) is 4.31 Å². The second kappa shape index (κ2) is 6.29. The number of nitrogens with one attached hydrogen (secondary N) is 1. The van der Waals surface area contributed by atoms with E-state index in [-0.39, 0.29) is 18.4 Å². The first kappa shape index (κ1) is 15.5. The quantitative estimate of drug-likeness (QED) is 0.842. The van der Waals surface area contributed by atoms with Crippen molar-refractivity contribution in [2.75, 3.05) is 18.8 Å². The van der Waals surface area contributed by atoms with Crippen molar-refractivity contribution in [2.45, 2.75) is 57.0 Å². The van der Waals surface area contributed by atoms with E-state index < -0.39 is 10.0 Å². The van der Waals surface area contributed by atoms with Crippen LogP contribution >= 0.6 is 12.4 Å². The van der Waals surface area contributed by atoms with E-state index in [9.17, 15) is 8.42 Å². The van der Waals surface area contributed by atoms with Gasteiger partial charge in [0.1, 0.15) is 0 Å². The number of sulfonamides is 1. The molecule has 0 bridgehead atoms. The van der Waals surface area contributed by atoms with E-state index in [1.54, 1.807) is 0 Å². The predicted octanol–water partition coefficient (Wildman–Crippen LogP) is 1.75. The summed E-state index contributed by atoms with van der Waals surface area (Å²) in [5.74, 6) is 0.825. The first-order chi connectivity index (χ1) is 8.67. The third-order valence-corrected chi connectivity index (χ3v) is 6.67. The minimum absolute atomic E-state index is 0. The van der Waals surface area contributed by atoms with Crippen LogP contribution in [0.4, 0.5) is 0 Å². The van der Waals surface area contributed by atoms with Crippen LogP contribution in [0.25, 0.3) is 0 Å². The lowest BCUT2D eigenvalue weighted by atomic mass is 10.1. The molecule has 19 heavy (non-hydrogen) atoms. The molecule has 0 aromatic heterocycles. The minimum atomic E-state index is -3.03. The van der Waals surface area contributed by atoms with Gasteiger partial charge in [-0.2, -0.15) is 4.31 Å². The summed E-state index contributed by atoms with van der Waals surface area (Å²) in [5, 5.41) is 3.30. The standard InChI is InChI=1S/C13H24N2O2S.ClH/c16-18(17,10-11-3-1-2-4-11)15(12-5-6-12)13-7-8-14-9-13;/h11-14H,1-10H2;1H. The minimum Gasteiger partial charge on any atom is -0.315 e. The van der Waals surface area contributed by atoms with Crippen molar-refractivity contribution in [3.63, 3.8) is 0 Å². The Morgan fingerprint density at radius 2 is 1.68 bits per heavy atom. The fourth-order valence-electron chi connectivity index (χ4n) is 3.50. The second-order valence-corrected chi connectivity index (χ2v) is 8.06. The Morgan fingerprint density at radius 3 is 2.21 bits per heavy atom. The first-order valence-electron chi connectivity index (χ1n) is 7.39. The van der Waals surface area contributed by atoms with Crippen LogP contribution in [-0.4, -0.2) is 43.6 Å². The Morgan fingerprint density at radius 1 is 1.00 bits per heavy atom. The predicted molar refractivity (Wildman–Crippen MR) is 79.1 cm³/mol. The van der Waals surface area contributed by atoms with Crippen molar-refractivity contribution in [3.05, 3.63) is 0 Å². The summed E-state index contributed by atoms with van der Waals surface area (Å²) in [6.07, 6.45) is 7.78. The molecule has 2 saturated carbocycles. The molecule has 1 N–H and O–H groups in total. The summed E-state index contributed by atoms with van der Waals surface area (Å²) in [6.45, 7) is 1.81. The third-order valence-electron chi connectivity index (χ3n) is 4.54. The van der Waals surface area contributed by atoms with Crippen molar-refractivity contribution in [1.29, 1.82) is 0 Å². The summed E-state index contributed by atoms with van der Waals surface area (Å²) in [4.78, 5) is 0. The molecule has 0 spiro atoms. The van der Waals surface area contributed by atoms with Crippen LogP contribution in [0.3, 0.4) is 0 Å². The molecule has 0 aromatic carbocycles. The van der Waals surface area contributed by atoms with Crippen LogP contribution in [0.15, 0.2) is 0 Å². The fraction of sp³-hybridized carbons (Fsp3) is 1.00. The van der Waals surface area contributed by atoms with E-state index in [0.29, 0.717) is 17.7 Å². The molecule has 1 aliphatic heterocycles. The monoisotopic (exact) mass is 308 g/mol. The molecule has 0 amide bonds. The molecule has 3 aliphatic rings. The van der Waals surface area contributed by atoms with Gasteiger partial charge in [0.15, 0.2) is 0 Å². The van der Waals surface area contributed by atoms with Crippen molar-refractivity contribution >= 4 is 22.4 Å². The Bertz CT molecular complexity index is 385. The van der Waals surface area contributed by atoms with Gasteiger partial charge in [0.05, 0.1) is 5.75 Å². The van der Waals surface area contributed by atoms with Gasteiger partial charge in [-0.05, 0) is 44.6 Å². The molecule has 1 unspecified atom stereocenters. The number of hydrogen-bond donors (Lipinski definition) is 1. The largest absolute Gasteiger partial charge is 0.315 e. The number of hydrogen-bond acceptors (Lipinski definition) is 3. The molecule has 1 atom stereocenters. The highest BCUT2D eigenvalue weighted by atomic mass is 35.5. The number of nitrogens with zero attached hydrogens (tertiary/aromatic N) is 1. The van der Waals surface area contributed by atoms with Crippen molar-refractivity contribution in [3.8, 4) is 0 Å². The average molecular weight is 309 g/mol. The molecule has 3 fully saturated rings. The zero-order valence-electron chi connectivity index (χ0n) is 11.4. The van der Waals surface area contributed by atoms with Crippen LogP contribution in [-0.2, 0) is 10.0 Å². The van der Waals surface area contributed by atoms with Gasteiger partial charge in [0, 0.05) is 18.6 Å². The van der Waals surface area contributed by atoms with Crippen molar-refractivity contribution in [1.82, 2.24) is 9.62 Å². The molecule has 4 nitrogen and oxygen atoms in total. The second-order valence-electron chi connectivity index (χ2n) is 6.14. The van der Waals surface area contributed by atoms with Gasteiger partial charge in [-0.3, -0.25) is 0 Å². The Hall–Kier alpha value is 0.160. The lowest BCUT2D eigenvalue weighted by molar-refractivity contribution is 0.324. The third kappa shape index (κ3) is 3.63. The molecule has 0 aromatic rings. The van der Waals surface area contributed by atoms with Crippen LogP contribution in [0.2, 0.25) is 0 Å². The van der Waals surface area contributed by atoms with Crippen LogP contribution in [0.5, 0.6) is 0 Å². The van der Waals surface area contributed by atoms with Gasteiger partial charge >= 0.3 is 0 Å². The lowest BCUT2D eigenvalue weighted by Gasteiger charge is -2.28. The van der Waals surface area contributed by atoms with E-state index in [2.05, 4.69) is 5.32 Å². The van der Waals surface area contributed by atoms with Gasteiger partial charge in [-0.15, -0.1) is 12.4 Å². The highest BCUT2D eigenvalue weighted by Gasteiger charge is 2.43. The average Bonchev–Trinajstić information content (AvgIpc) is 2.80. The molecular formula is C13H25ClN2O2S. The van der Waals surface area contributed by atoms with E-state index in [0.717, 1.165) is 45.2 Å². The van der Waals surface area contributed by atoms with E-state index in [1.165, 1.54) is 12.8 Å². The van der Waals surface area contributed by atoms with Gasteiger partial charge in [0.2, 0.25) is 10.0 Å². The lowest BCUT2D eigenvalue weighted by Crippen LogP contribution is -2.45. The fourth-order valence-corrected chi connectivity index (χ4v) is 5.90. The molecule has 2 aliphatic carbocycles. The molecule has 1 saturated heterocycles. The Labute approximate surface area is 122 Å². The maximum atomic E-state index is 12.7. The highest BCUT2D eigenvalue weighted by molar-refractivity contribution is 7.89. The topological polar surface area (TPSA) is 49.4 Å². The normalized spacial score (nSPS) is 28.8. The SMILES string of the molecule is Cl.O=S(=O)(CC1CCCC1)N(C1CC1)C1CCNC1. The summed E-state index contributed by atoms with van der Waals surface area (Å²) in [7, 11) is -3.03. The Kier molecular flexibility index (Phi) is 5.15. The van der Waals surface area contributed by atoms with Crippen molar-refractivity contribution < 1.29 is 8.42 Å². The van der Waals surface area contributed by atoms with Gasteiger partial charge in [-0.25, -0.2) is 8.42 Å². The first-order valence-corrected chi connectivity index (χ1v) is 8.99. The summed E-state index contributed by atoms with van der Waals surface area (Å²) in [6, 6.07) is 0.546. The Balaban J connectivity index is 0.00000133. The summed E-state index contributed by atoms with van der Waals surface area (Å²) < 4.78 is 27.2. The van der Waals surface area contributed by atoms with Crippen LogP contribution in [0, 0.1) is 5.92 Å². The molecule has 6 heteroatoms. The zero-order valence-corrected chi connectivity index (χ0v) is 13.0. The molecule has 3 rings (SSSR count). The van der Waals surface area contributed by atoms with Gasteiger partial charge in [0.25, 0.3) is 0 Å². The van der Waals surface area contributed by atoms with E-state index in [4.69, 9.17) is 0 Å². The molecule has 112 valence electrons. The van der Waals surface area contributed by atoms with Gasteiger partial charge in [-0.1, -0.05) is 12.8 Å². The van der Waals surface area contributed by atoms with Gasteiger partial charge < -0.3 is 5.32 Å². The van der Waals surface area contributed by atoms with Crippen LogP contribution in [0.1, 0.15) is 44.9 Å². The highest BCUT2D eigenvalue weighted by Crippen LogP contribution is 2.35. The van der Waals surface area contributed by atoms with E-state index >= 15 is 0 Å². The van der Waals surface area contributed by atoms with Crippen LogP contribution < -0.4 is 5.32 Å². The molecule has 1 heterocycles.